The monoisotopic (exact) mass is 1020 g/mol. The molecule has 0 aliphatic rings. The number of nitrogens with zero attached hydrogens (tertiary/aromatic N) is 4. The maximum Gasteiger partial charge on any atom is 0.306 e. The summed E-state index contributed by atoms with van der Waals surface area (Å²) in [5.41, 5.74) is 14.4. The topological polar surface area (TPSA) is 179 Å². The minimum absolute atomic E-state index is 0.00464. The van der Waals surface area contributed by atoms with Crippen LogP contribution in [0.3, 0.4) is 0 Å². The van der Waals surface area contributed by atoms with E-state index in [9.17, 15) is 18.0 Å². The average Bonchev–Trinajstić information content (AvgIpc) is 3.94. The van der Waals surface area contributed by atoms with Crippen molar-refractivity contribution < 1.29 is 37.0 Å². The summed E-state index contributed by atoms with van der Waals surface area (Å²) in [4.78, 5) is 33.3. The summed E-state index contributed by atoms with van der Waals surface area (Å²) < 4.78 is 54.9. The predicted molar refractivity (Wildman–Crippen MR) is 296 cm³/mol. The van der Waals surface area contributed by atoms with E-state index in [0.29, 0.717) is 73.7 Å². The first-order valence-corrected chi connectivity index (χ1v) is 27.2. The van der Waals surface area contributed by atoms with Gasteiger partial charge in [0, 0.05) is 47.5 Å². The number of esters is 2. The Morgan fingerprint density at radius 1 is 0.568 bits per heavy atom. The Kier molecular flexibility index (Phi) is 19.3. The Bertz CT molecular complexity index is 3180. The quantitative estimate of drug-likeness (QED) is 0.0334. The van der Waals surface area contributed by atoms with Gasteiger partial charge in [0.2, 0.25) is 10.0 Å². The number of imidazole rings is 2. The zero-order chi connectivity index (χ0) is 52.5. The van der Waals surface area contributed by atoms with Gasteiger partial charge in [-0.2, -0.15) is 0 Å². The molecule has 0 saturated carbocycles. The number of anilines is 2. The van der Waals surface area contributed by atoms with Gasteiger partial charge in [0.25, 0.3) is 0 Å². The van der Waals surface area contributed by atoms with Crippen LogP contribution in [0.15, 0.2) is 146 Å². The molecule has 0 unspecified atom stereocenters. The van der Waals surface area contributed by atoms with Crippen molar-refractivity contribution in [3.8, 4) is 45.6 Å². The van der Waals surface area contributed by atoms with Gasteiger partial charge in [-0.25, -0.2) is 18.4 Å². The highest BCUT2D eigenvalue weighted by Gasteiger charge is 2.21. The molecule has 8 aromatic rings. The lowest BCUT2D eigenvalue weighted by atomic mass is 10.2. The summed E-state index contributed by atoms with van der Waals surface area (Å²) in [6.07, 6.45) is 5.80. The van der Waals surface area contributed by atoms with Gasteiger partial charge < -0.3 is 24.7 Å². The van der Waals surface area contributed by atoms with Crippen LogP contribution in [-0.4, -0.2) is 70.6 Å². The van der Waals surface area contributed by atoms with Gasteiger partial charge in [-0.15, -0.1) is 0 Å². The summed E-state index contributed by atoms with van der Waals surface area (Å²) in [7, 11) is -3.56. The van der Waals surface area contributed by atoms with E-state index in [-0.39, 0.29) is 29.9 Å². The van der Waals surface area contributed by atoms with E-state index >= 15 is 0 Å². The van der Waals surface area contributed by atoms with Crippen LogP contribution in [-0.2, 0) is 29.1 Å². The van der Waals surface area contributed by atoms with E-state index in [1.807, 2.05) is 150 Å². The molecular formula is C59H68N6O8S. The second-order valence-electron chi connectivity index (χ2n) is 18.5. The molecule has 6 aromatic carbocycles. The fourth-order valence-electron chi connectivity index (χ4n) is 8.38. The first kappa shape index (κ1) is 54.1. The van der Waals surface area contributed by atoms with Gasteiger partial charge in [0.1, 0.15) is 23.1 Å². The molecule has 74 heavy (non-hydrogen) atoms. The molecule has 0 bridgehead atoms. The second kappa shape index (κ2) is 26.3. The first-order chi connectivity index (χ1) is 35.8. The van der Waals surface area contributed by atoms with E-state index in [1.54, 1.807) is 6.07 Å². The predicted octanol–water partition coefficient (Wildman–Crippen LogP) is 12.9. The Hall–Kier alpha value is -7.65. The highest BCUT2D eigenvalue weighted by molar-refractivity contribution is 7.92. The van der Waals surface area contributed by atoms with Crippen molar-refractivity contribution in [1.29, 1.82) is 0 Å². The minimum Gasteiger partial charge on any atom is -0.491 e. The van der Waals surface area contributed by atoms with Crippen molar-refractivity contribution in [2.24, 2.45) is 0 Å². The third-order valence-electron chi connectivity index (χ3n) is 11.7. The normalized spacial score (nSPS) is 11.4. The first-order valence-electron chi connectivity index (χ1n) is 25.6. The van der Waals surface area contributed by atoms with Crippen LogP contribution in [0.1, 0.15) is 92.4 Å². The zero-order valence-electron chi connectivity index (χ0n) is 43.0. The number of para-hydroxylation sites is 2. The van der Waals surface area contributed by atoms with E-state index in [4.69, 9.17) is 34.6 Å². The number of hydrogen-bond acceptors (Lipinski definition) is 11. The number of hydrogen-bond donors (Lipinski definition) is 2. The van der Waals surface area contributed by atoms with Gasteiger partial charge >= 0.3 is 11.9 Å². The summed E-state index contributed by atoms with van der Waals surface area (Å²) in [5, 5.41) is 0. The summed E-state index contributed by atoms with van der Waals surface area (Å²) >= 11 is 0. The van der Waals surface area contributed by atoms with E-state index in [1.165, 1.54) is 0 Å². The molecule has 3 N–H and O–H groups in total. The fourth-order valence-corrected chi connectivity index (χ4v) is 9.51. The summed E-state index contributed by atoms with van der Waals surface area (Å²) in [6, 6.07) is 47.5. The molecule has 0 fully saturated rings. The molecule has 0 spiro atoms. The molecule has 2 heterocycles. The molecule has 388 valence electrons. The van der Waals surface area contributed by atoms with E-state index in [2.05, 4.69) is 38.1 Å². The van der Waals surface area contributed by atoms with Gasteiger partial charge in [-0.3, -0.25) is 23.4 Å². The number of benzene rings is 6. The third-order valence-corrected chi connectivity index (χ3v) is 13.1. The third kappa shape index (κ3) is 15.0. The lowest BCUT2D eigenvalue weighted by Crippen LogP contribution is -2.17. The van der Waals surface area contributed by atoms with Crippen LogP contribution in [0.5, 0.6) is 11.5 Å². The lowest BCUT2D eigenvalue weighted by Gasteiger charge is -2.15. The maximum atomic E-state index is 12.7. The molecule has 8 rings (SSSR count). The largest absolute Gasteiger partial charge is 0.491 e. The molecular weight excluding hydrogens is 953 g/mol. The maximum absolute atomic E-state index is 12.7. The molecule has 0 atom stereocenters. The smallest absolute Gasteiger partial charge is 0.306 e. The molecule has 14 nitrogen and oxygen atoms in total. The number of sulfonamides is 1. The molecule has 15 heteroatoms. The van der Waals surface area contributed by atoms with Crippen LogP contribution in [0, 0.1) is 0 Å². The molecule has 2 aromatic heterocycles. The number of nitrogens with two attached hydrogens (primary N) is 1. The Balaban J connectivity index is 0.000000219. The number of carbonyl (C=O) groups excluding carboxylic acids is 2. The van der Waals surface area contributed by atoms with Gasteiger partial charge in [-0.1, -0.05) is 104 Å². The van der Waals surface area contributed by atoms with Crippen LogP contribution >= 0.6 is 0 Å². The Morgan fingerprint density at radius 2 is 0.986 bits per heavy atom. The summed E-state index contributed by atoms with van der Waals surface area (Å²) in [5.74, 6) is 2.34. The second-order valence-corrected chi connectivity index (χ2v) is 20.3. The number of carbonyl (C=O) groups is 2. The highest BCUT2D eigenvalue weighted by atomic mass is 32.2. The van der Waals surface area contributed by atoms with Crippen LogP contribution in [0.2, 0.25) is 0 Å². The van der Waals surface area contributed by atoms with Crippen LogP contribution in [0.4, 0.5) is 11.4 Å². The number of nitrogen functional groups attached to an aromatic ring is 1. The van der Waals surface area contributed by atoms with Crippen LogP contribution in [0.25, 0.3) is 56.2 Å². The highest BCUT2D eigenvalue weighted by Crippen LogP contribution is 2.37. The van der Waals surface area contributed by atoms with Crippen molar-refractivity contribution in [2.45, 2.75) is 105 Å². The van der Waals surface area contributed by atoms with E-state index in [0.717, 1.165) is 76.4 Å². The van der Waals surface area contributed by atoms with Gasteiger partial charge in [0.05, 0.1) is 64.6 Å². The van der Waals surface area contributed by atoms with Crippen molar-refractivity contribution in [3.05, 3.63) is 146 Å². The standard InChI is InChI=1S/C31H37N3O5S.C28H31N3O3/c1-4-20-40(36,37)33-27-21-26-28(22-29(27)38-19-13-7-12-18-30(35)39-23(2)3)34(25-16-10-6-11-17-25)31(32-26)24-14-8-5-9-15-24;1-20(2)34-27(32)16-10-5-11-17-33-26-19-25-24(18-23(26)29)30-28(21-12-6-3-7-13-21)31(25)22-14-8-4-9-15-22/h5-6,8-11,14-17,21-23,33H,4,7,12-13,18-20H2,1-3H3;3-4,6-9,12-15,18-20H,5,10-11,16-17,29H2,1-2H3. The summed E-state index contributed by atoms with van der Waals surface area (Å²) in [6.45, 7) is 10.1. The van der Waals surface area contributed by atoms with Gasteiger partial charge in [0.15, 0.2) is 0 Å². The van der Waals surface area contributed by atoms with Gasteiger partial charge in [-0.05, 0) is 109 Å². The molecule has 0 aliphatic carbocycles. The lowest BCUT2D eigenvalue weighted by molar-refractivity contribution is -0.148. The minimum atomic E-state index is -3.56. The number of unbranched alkanes of at least 4 members (excludes halogenated alkanes) is 4. The van der Waals surface area contributed by atoms with Crippen molar-refractivity contribution in [2.75, 3.05) is 29.4 Å². The van der Waals surface area contributed by atoms with E-state index < -0.39 is 10.0 Å². The molecule has 0 amide bonds. The zero-order valence-corrected chi connectivity index (χ0v) is 43.9. The Labute approximate surface area is 434 Å². The van der Waals surface area contributed by atoms with Crippen molar-refractivity contribution >= 4 is 55.4 Å². The van der Waals surface area contributed by atoms with Crippen molar-refractivity contribution in [3.63, 3.8) is 0 Å². The molecule has 0 saturated heterocycles. The fraction of sp³-hybridized carbons (Fsp3) is 0.322. The number of fused-ring (bicyclic) bond motifs is 2. The molecule has 0 aliphatic heterocycles. The SMILES string of the molecule is CC(C)OC(=O)CCCCCOc1cc2c(cc1N)nc(-c1ccccc1)n2-c1ccccc1.CCCS(=O)(=O)Nc1cc2nc(-c3ccccc3)n(-c3ccccc3)c2cc1OCCCCCC(=O)OC(C)C. The number of rotatable bonds is 24. The average molecular weight is 1020 g/mol. The molecule has 0 radical (unpaired) electrons. The number of nitrogens with one attached hydrogen (secondary N) is 1. The number of ether oxygens (including phenoxy) is 4. The van der Waals surface area contributed by atoms with Crippen LogP contribution < -0.4 is 19.9 Å². The van der Waals surface area contributed by atoms with Crippen molar-refractivity contribution in [1.82, 2.24) is 19.1 Å². The Morgan fingerprint density at radius 3 is 1.43 bits per heavy atom. The number of aromatic nitrogens is 4.